The van der Waals surface area contributed by atoms with Gasteiger partial charge in [-0.2, -0.15) is 0 Å². The van der Waals surface area contributed by atoms with Crippen molar-refractivity contribution in [2.45, 2.75) is 0 Å². The Balaban J connectivity index is 0. The average Bonchev–Trinajstić information content (AvgIpc) is 2.13. The van der Waals surface area contributed by atoms with E-state index in [-0.39, 0.29) is 12.8 Å². The topological polar surface area (TPSA) is 138 Å². The van der Waals surface area contributed by atoms with Crippen LogP contribution in [-0.2, 0) is 9.59 Å². The normalized spacial score (nSPS) is 6.86. The first-order valence-electron chi connectivity index (χ1n) is 3.54. The van der Waals surface area contributed by atoms with Gasteiger partial charge in [0.25, 0.3) is 0 Å². The van der Waals surface area contributed by atoms with E-state index in [1.54, 1.807) is 24.3 Å². The van der Waals surface area contributed by atoms with Crippen LogP contribution in [0.1, 0.15) is 0 Å². The molecule has 0 aliphatic heterocycles. The van der Waals surface area contributed by atoms with E-state index in [1.165, 1.54) is 0 Å². The lowest BCUT2D eigenvalue weighted by Crippen LogP contribution is -1.86. The maximum Gasteiger partial charge on any atom is 0.204 e. The summed E-state index contributed by atoms with van der Waals surface area (Å²) in [6, 6.07) is 7.09. The summed E-state index contributed by atoms with van der Waals surface area (Å²) in [6.45, 7) is 0. The number of hydrogen-bond acceptors (Lipinski definition) is 4. The first-order valence-corrected chi connectivity index (χ1v) is 3.54. The van der Waals surface area contributed by atoms with Gasteiger partial charge in [0, 0.05) is 11.4 Å². The lowest BCUT2D eigenvalue weighted by Gasteiger charge is -1.90. The molecule has 0 unspecified atom stereocenters. The second-order valence-corrected chi connectivity index (χ2v) is 1.94. The van der Waals surface area contributed by atoms with Gasteiger partial charge in [-0.3, -0.25) is 9.59 Å². The predicted octanol–water partition coefficient (Wildman–Crippen LogP) is -0.946. The minimum atomic E-state index is 0.250. The molecule has 0 aliphatic carbocycles. The monoisotopic (exact) mass is 198 g/mol. The molecule has 1 aromatic carbocycles. The Hall–Kier alpha value is -2.24. The molecule has 1 aromatic rings. The summed E-state index contributed by atoms with van der Waals surface area (Å²) in [5.74, 6) is 0. The third-order valence-corrected chi connectivity index (χ3v) is 0.936. The first kappa shape index (κ1) is 14.3. The second kappa shape index (κ2) is 10.8. The van der Waals surface area contributed by atoms with Crippen LogP contribution in [0.15, 0.2) is 24.3 Å². The molecule has 6 heteroatoms. The quantitative estimate of drug-likeness (QED) is 0.315. The lowest BCUT2D eigenvalue weighted by atomic mass is 10.3. The molecule has 14 heavy (non-hydrogen) atoms. The van der Waals surface area contributed by atoms with Gasteiger partial charge in [-0.25, -0.2) is 0 Å². The van der Waals surface area contributed by atoms with Crippen LogP contribution in [0.25, 0.3) is 0 Å². The molecule has 78 valence electrons. The molecule has 0 heterocycles. The van der Waals surface area contributed by atoms with Gasteiger partial charge in [0.05, 0.1) is 0 Å². The summed E-state index contributed by atoms with van der Waals surface area (Å²) in [7, 11) is 0. The van der Waals surface area contributed by atoms with E-state index in [9.17, 15) is 0 Å². The molecule has 8 N–H and O–H groups in total. The van der Waals surface area contributed by atoms with Gasteiger partial charge in [-0.05, 0) is 24.3 Å². The van der Waals surface area contributed by atoms with Crippen LogP contribution in [0.3, 0.4) is 0 Å². The summed E-state index contributed by atoms with van der Waals surface area (Å²) in [6.07, 6.45) is 0.500. The van der Waals surface area contributed by atoms with Gasteiger partial charge in [0.1, 0.15) is 0 Å². The van der Waals surface area contributed by atoms with Crippen molar-refractivity contribution < 1.29 is 9.59 Å². The van der Waals surface area contributed by atoms with Crippen LogP contribution >= 0.6 is 0 Å². The van der Waals surface area contributed by atoms with E-state index in [1.807, 2.05) is 0 Å². The maximum absolute atomic E-state index is 8.58. The highest BCUT2D eigenvalue weighted by molar-refractivity contribution is 5.47. The highest BCUT2D eigenvalue weighted by atomic mass is 16.1. The summed E-state index contributed by atoms with van der Waals surface area (Å²) in [4.78, 5) is 17.2. The first-order chi connectivity index (χ1) is 6.62. The lowest BCUT2D eigenvalue weighted by molar-refractivity contribution is -0.107. The van der Waals surface area contributed by atoms with Gasteiger partial charge in [0.15, 0.2) is 0 Å². The van der Waals surface area contributed by atoms with Gasteiger partial charge in [-0.15, -0.1) is 0 Å². The Morgan fingerprint density at radius 3 is 1.07 bits per heavy atom. The Kier molecular flexibility index (Phi) is 11.0. The summed E-state index contributed by atoms with van der Waals surface area (Å²) < 4.78 is 0. The number of anilines is 2. The minimum Gasteiger partial charge on any atom is -0.399 e. The van der Waals surface area contributed by atoms with Gasteiger partial charge in [-0.1, -0.05) is 0 Å². The van der Waals surface area contributed by atoms with Gasteiger partial charge in [0.2, 0.25) is 12.8 Å². The predicted molar refractivity (Wildman–Crippen MR) is 55.8 cm³/mol. The van der Waals surface area contributed by atoms with Crippen LogP contribution in [0.4, 0.5) is 11.4 Å². The maximum atomic E-state index is 8.58. The van der Waals surface area contributed by atoms with Crippen molar-refractivity contribution in [3.8, 4) is 0 Å². The number of nitrogens with two attached hydrogens (primary N) is 4. The van der Waals surface area contributed by atoms with E-state index < -0.39 is 0 Å². The fraction of sp³-hybridized carbons (Fsp3) is 0. The molecule has 0 spiro atoms. The van der Waals surface area contributed by atoms with Gasteiger partial charge >= 0.3 is 0 Å². The summed E-state index contributed by atoms with van der Waals surface area (Å²) >= 11 is 0. The third-order valence-electron chi connectivity index (χ3n) is 0.936. The summed E-state index contributed by atoms with van der Waals surface area (Å²) in [5, 5.41) is 0. The molecule has 1 rings (SSSR count). The SMILES string of the molecule is NC=O.NC=O.Nc1ccc(N)cc1. The number of primary amides is 2. The number of amides is 2. The number of benzene rings is 1. The molecule has 2 amide bonds. The smallest absolute Gasteiger partial charge is 0.204 e. The highest BCUT2D eigenvalue weighted by Gasteiger charge is 1.80. The van der Waals surface area contributed by atoms with Crippen molar-refractivity contribution in [2.24, 2.45) is 11.5 Å². The highest BCUT2D eigenvalue weighted by Crippen LogP contribution is 2.04. The van der Waals surface area contributed by atoms with E-state index in [0.717, 1.165) is 11.4 Å². The molecule has 0 aliphatic rings. The van der Waals surface area contributed by atoms with Crippen molar-refractivity contribution in [2.75, 3.05) is 11.5 Å². The van der Waals surface area contributed by atoms with Crippen molar-refractivity contribution in [3.63, 3.8) is 0 Å². The van der Waals surface area contributed by atoms with Crippen molar-refractivity contribution in [1.82, 2.24) is 0 Å². The number of hydrogen-bond donors (Lipinski definition) is 4. The zero-order valence-electron chi connectivity index (χ0n) is 7.59. The van der Waals surface area contributed by atoms with Crippen molar-refractivity contribution in [3.05, 3.63) is 24.3 Å². The van der Waals surface area contributed by atoms with Crippen molar-refractivity contribution >= 4 is 24.2 Å². The number of rotatable bonds is 0. The van der Waals surface area contributed by atoms with Crippen LogP contribution in [-0.4, -0.2) is 12.8 Å². The fourth-order valence-corrected chi connectivity index (χ4v) is 0.496. The molecule has 0 saturated heterocycles. The van der Waals surface area contributed by atoms with Gasteiger partial charge < -0.3 is 22.9 Å². The van der Waals surface area contributed by atoms with E-state index in [2.05, 4.69) is 11.5 Å². The molecular formula is C8H14N4O2. The molecule has 6 nitrogen and oxygen atoms in total. The average molecular weight is 198 g/mol. The summed E-state index contributed by atoms with van der Waals surface area (Å²) in [5.41, 5.74) is 20.6. The molecular weight excluding hydrogens is 184 g/mol. The third kappa shape index (κ3) is 12.4. The standard InChI is InChI=1S/C6H8N2.2CH3NO/c7-5-1-2-6(8)4-3-5;2*2-1-3/h1-4H,7-8H2;2*1H,(H2,2,3). The van der Waals surface area contributed by atoms with Crippen LogP contribution < -0.4 is 22.9 Å². The largest absolute Gasteiger partial charge is 0.399 e. The molecule has 0 saturated carbocycles. The number of nitrogen functional groups attached to an aromatic ring is 2. The zero-order valence-corrected chi connectivity index (χ0v) is 7.59. The Bertz CT molecular complexity index is 221. The number of carbonyl (C=O) groups is 2. The minimum absolute atomic E-state index is 0.250. The van der Waals surface area contributed by atoms with Crippen LogP contribution in [0, 0.1) is 0 Å². The molecule has 0 fully saturated rings. The van der Waals surface area contributed by atoms with Crippen LogP contribution in [0.2, 0.25) is 0 Å². The second-order valence-electron chi connectivity index (χ2n) is 1.94. The van der Waals surface area contributed by atoms with E-state index in [4.69, 9.17) is 21.1 Å². The van der Waals surface area contributed by atoms with E-state index in [0.29, 0.717) is 0 Å². The van der Waals surface area contributed by atoms with Crippen molar-refractivity contribution in [1.29, 1.82) is 0 Å². The molecule has 0 bridgehead atoms. The Labute approximate surface area is 81.9 Å². The van der Waals surface area contributed by atoms with E-state index >= 15 is 0 Å². The van der Waals surface area contributed by atoms with Crippen LogP contribution in [0.5, 0.6) is 0 Å². The molecule has 0 aromatic heterocycles. The molecule has 0 radical (unpaired) electrons. The molecule has 0 atom stereocenters. The Morgan fingerprint density at radius 1 is 0.786 bits per heavy atom. The fourth-order valence-electron chi connectivity index (χ4n) is 0.496. The Morgan fingerprint density at radius 2 is 0.929 bits per heavy atom. The zero-order chi connectivity index (χ0) is 11.4. The number of carbonyl (C=O) groups excluding carboxylic acids is 2.